The van der Waals surface area contributed by atoms with Crippen molar-refractivity contribution in [2.45, 2.75) is 64.8 Å². The summed E-state index contributed by atoms with van der Waals surface area (Å²) < 4.78 is 42.4. The number of benzene rings is 1. The van der Waals surface area contributed by atoms with Crippen LogP contribution in [-0.4, -0.2) is 18.7 Å². The van der Waals surface area contributed by atoms with E-state index in [1.165, 1.54) is 31.4 Å². The molecular formula is C24H29F3N4O. The van der Waals surface area contributed by atoms with Crippen LogP contribution in [0.1, 0.15) is 57.4 Å². The zero-order chi connectivity index (χ0) is 23.0. The van der Waals surface area contributed by atoms with Gasteiger partial charge in [0, 0.05) is 18.7 Å². The van der Waals surface area contributed by atoms with Gasteiger partial charge in [0.05, 0.1) is 5.57 Å². The van der Waals surface area contributed by atoms with E-state index in [0.29, 0.717) is 41.7 Å². The van der Waals surface area contributed by atoms with Crippen LogP contribution < -0.4 is 15.4 Å². The molecule has 0 atom stereocenters. The third-order valence-electron chi connectivity index (χ3n) is 5.84. The second-order valence-corrected chi connectivity index (χ2v) is 8.09. The first kappa shape index (κ1) is 23.7. The molecule has 1 aliphatic heterocycles. The molecule has 1 aromatic carbocycles. The Balaban J connectivity index is 1.76. The van der Waals surface area contributed by atoms with Gasteiger partial charge >= 0.3 is 6.36 Å². The molecule has 1 fully saturated rings. The van der Waals surface area contributed by atoms with E-state index in [0.717, 1.165) is 24.8 Å². The van der Waals surface area contributed by atoms with Gasteiger partial charge < -0.3 is 15.4 Å². The maximum atomic E-state index is 12.7. The number of nitrogens with zero attached hydrogens (tertiary/aromatic N) is 2. The number of rotatable bonds is 7. The molecule has 0 unspecified atom stereocenters. The number of para-hydroxylation sites is 1. The predicted molar refractivity (Wildman–Crippen MR) is 118 cm³/mol. The summed E-state index contributed by atoms with van der Waals surface area (Å²) in [6.45, 7) is 2.80. The van der Waals surface area contributed by atoms with E-state index in [-0.39, 0.29) is 12.3 Å². The lowest BCUT2D eigenvalue weighted by Gasteiger charge is -2.21. The molecule has 32 heavy (non-hydrogen) atoms. The summed E-state index contributed by atoms with van der Waals surface area (Å²) in [6, 6.07) is 8.29. The number of hydrogen-bond donors (Lipinski definition) is 2. The minimum atomic E-state index is -4.75. The largest absolute Gasteiger partial charge is 0.573 e. The second-order valence-electron chi connectivity index (χ2n) is 8.09. The van der Waals surface area contributed by atoms with Crippen molar-refractivity contribution in [2.24, 2.45) is 10.9 Å². The molecule has 5 nitrogen and oxygen atoms in total. The first-order chi connectivity index (χ1) is 15.4. The summed E-state index contributed by atoms with van der Waals surface area (Å²) in [4.78, 5) is 4.73. The molecule has 1 aliphatic carbocycles. The zero-order valence-electron chi connectivity index (χ0n) is 18.3. The van der Waals surface area contributed by atoms with Gasteiger partial charge in [0.2, 0.25) is 0 Å². The Labute approximate surface area is 187 Å². The van der Waals surface area contributed by atoms with Crippen LogP contribution in [-0.2, 0) is 6.54 Å². The second kappa shape index (κ2) is 11.1. The molecule has 1 saturated carbocycles. The number of allylic oxidation sites excluding steroid dienone is 2. The summed E-state index contributed by atoms with van der Waals surface area (Å²) in [5.74, 6) is 1.49. The van der Waals surface area contributed by atoms with Gasteiger partial charge in [-0.15, -0.1) is 13.2 Å². The quantitative estimate of drug-likeness (QED) is 0.562. The molecule has 3 rings (SSSR count). The van der Waals surface area contributed by atoms with Gasteiger partial charge in [0.15, 0.2) is 0 Å². The molecule has 0 spiro atoms. The van der Waals surface area contributed by atoms with Crippen molar-refractivity contribution in [3.8, 4) is 11.8 Å². The topological polar surface area (TPSA) is 69.4 Å². The molecule has 8 heteroatoms. The number of nitrogens with one attached hydrogen (secondary N) is 2. The Morgan fingerprint density at radius 2 is 1.97 bits per heavy atom. The molecule has 2 N–H and O–H groups in total. The Kier molecular flexibility index (Phi) is 8.20. The first-order valence-corrected chi connectivity index (χ1v) is 11.1. The highest BCUT2D eigenvalue weighted by molar-refractivity contribution is 6.03. The Bertz CT molecular complexity index is 922. The SMILES string of the molecule is CCC1=C(NCc2ccccc2OC(F)(F)F)NC(=NCC2CCCCC2)C(C#N)=CC1. The predicted octanol–water partition coefficient (Wildman–Crippen LogP) is 5.72. The summed E-state index contributed by atoms with van der Waals surface area (Å²) in [5, 5.41) is 16.1. The molecule has 172 valence electrons. The van der Waals surface area contributed by atoms with Crippen molar-refractivity contribution in [2.75, 3.05) is 6.54 Å². The maximum Gasteiger partial charge on any atom is 0.573 e. The van der Waals surface area contributed by atoms with E-state index < -0.39 is 6.36 Å². The molecule has 0 amide bonds. The standard InChI is InChI=1S/C24H29F3N4O/c1-2-18-12-13-19(14-28)23(29-15-17-8-4-3-5-9-17)31-22(18)30-16-20-10-6-7-11-21(20)32-24(25,26)27/h6-7,10-11,13,17,30H,2-5,8-9,12,15-16H2,1H3,(H,29,31). The number of alkyl halides is 3. The van der Waals surface area contributed by atoms with E-state index in [2.05, 4.69) is 21.4 Å². The van der Waals surface area contributed by atoms with Crippen LogP contribution in [0.5, 0.6) is 5.75 Å². The molecule has 0 radical (unpaired) electrons. The van der Waals surface area contributed by atoms with Crippen LogP contribution in [0.3, 0.4) is 0 Å². The van der Waals surface area contributed by atoms with E-state index in [1.54, 1.807) is 12.1 Å². The number of aliphatic imine (C=N–C) groups is 1. The molecule has 2 aliphatic rings. The molecule has 1 aromatic rings. The number of amidine groups is 1. The van der Waals surface area contributed by atoms with Crippen LogP contribution in [0.2, 0.25) is 0 Å². The van der Waals surface area contributed by atoms with E-state index in [4.69, 9.17) is 4.99 Å². The van der Waals surface area contributed by atoms with Crippen molar-refractivity contribution in [1.29, 1.82) is 5.26 Å². The van der Waals surface area contributed by atoms with E-state index in [1.807, 2.05) is 13.0 Å². The maximum absolute atomic E-state index is 12.7. The minimum Gasteiger partial charge on any atom is -0.405 e. The van der Waals surface area contributed by atoms with Gasteiger partial charge in [-0.3, -0.25) is 4.99 Å². The van der Waals surface area contributed by atoms with Crippen LogP contribution in [0, 0.1) is 17.2 Å². The highest BCUT2D eigenvalue weighted by atomic mass is 19.4. The molecular weight excluding hydrogens is 417 g/mol. The number of hydrogen-bond acceptors (Lipinski definition) is 4. The van der Waals surface area contributed by atoms with Crippen LogP contribution in [0.25, 0.3) is 0 Å². The van der Waals surface area contributed by atoms with Crippen molar-refractivity contribution < 1.29 is 17.9 Å². The Morgan fingerprint density at radius 3 is 2.66 bits per heavy atom. The monoisotopic (exact) mass is 446 g/mol. The third-order valence-corrected chi connectivity index (χ3v) is 5.84. The Hall–Kier alpha value is -2.95. The highest BCUT2D eigenvalue weighted by Crippen LogP contribution is 2.27. The van der Waals surface area contributed by atoms with Crippen molar-refractivity contribution >= 4 is 5.84 Å². The Morgan fingerprint density at radius 1 is 1.22 bits per heavy atom. The lowest BCUT2D eigenvalue weighted by atomic mass is 9.89. The fourth-order valence-corrected chi connectivity index (χ4v) is 4.06. The van der Waals surface area contributed by atoms with Gasteiger partial charge in [-0.05, 0) is 43.2 Å². The van der Waals surface area contributed by atoms with Crippen molar-refractivity contribution in [3.05, 3.63) is 52.9 Å². The average molecular weight is 447 g/mol. The summed E-state index contributed by atoms with van der Waals surface area (Å²) in [5.41, 5.74) is 1.90. The minimum absolute atomic E-state index is 0.135. The van der Waals surface area contributed by atoms with Gasteiger partial charge in [-0.25, -0.2) is 0 Å². The smallest absolute Gasteiger partial charge is 0.405 e. The number of halogens is 3. The number of ether oxygens (including phenoxy) is 1. The highest BCUT2D eigenvalue weighted by Gasteiger charge is 2.32. The lowest BCUT2D eigenvalue weighted by Crippen LogP contribution is -2.33. The normalized spacial score (nSPS) is 19.1. The average Bonchev–Trinajstić information content (AvgIpc) is 2.95. The lowest BCUT2D eigenvalue weighted by molar-refractivity contribution is -0.274. The van der Waals surface area contributed by atoms with Crippen LogP contribution >= 0.6 is 0 Å². The van der Waals surface area contributed by atoms with Gasteiger partial charge in [-0.2, -0.15) is 5.26 Å². The van der Waals surface area contributed by atoms with Gasteiger partial charge in [-0.1, -0.05) is 50.5 Å². The fraction of sp³-hybridized carbons (Fsp3) is 0.500. The van der Waals surface area contributed by atoms with Crippen molar-refractivity contribution in [3.63, 3.8) is 0 Å². The number of nitriles is 1. The van der Waals surface area contributed by atoms with Crippen molar-refractivity contribution in [1.82, 2.24) is 10.6 Å². The molecule has 0 saturated heterocycles. The van der Waals surface area contributed by atoms with Crippen LogP contribution in [0.15, 0.2) is 52.3 Å². The van der Waals surface area contributed by atoms with Crippen LogP contribution in [0.4, 0.5) is 13.2 Å². The molecule has 1 heterocycles. The molecule has 0 aromatic heterocycles. The summed E-state index contributed by atoms with van der Waals surface area (Å²) in [6.07, 6.45) is 4.41. The summed E-state index contributed by atoms with van der Waals surface area (Å²) in [7, 11) is 0. The van der Waals surface area contributed by atoms with E-state index in [9.17, 15) is 18.4 Å². The van der Waals surface area contributed by atoms with E-state index >= 15 is 0 Å². The summed E-state index contributed by atoms with van der Waals surface area (Å²) >= 11 is 0. The van der Waals surface area contributed by atoms with Gasteiger partial charge in [0.1, 0.15) is 23.5 Å². The zero-order valence-corrected chi connectivity index (χ0v) is 18.3. The van der Waals surface area contributed by atoms with Gasteiger partial charge in [0.25, 0.3) is 0 Å². The fourth-order valence-electron chi connectivity index (χ4n) is 4.06. The molecule has 0 bridgehead atoms. The third kappa shape index (κ3) is 6.78. The first-order valence-electron chi connectivity index (χ1n) is 11.1.